The summed E-state index contributed by atoms with van der Waals surface area (Å²) in [6.07, 6.45) is 0.861. The van der Waals surface area contributed by atoms with Gasteiger partial charge in [-0.15, -0.1) is 11.3 Å². The highest BCUT2D eigenvalue weighted by molar-refractivity contribution is 7.10. The third-order valence-corrected chi connectivity index (χ3v) is 5.89. The van der Waals surface area contributed by atoms with Gasteiger partial charge in [-0.3, -0.25) is 0 Å². The molecule has 0 saturated carbocycles. The first-order chi connectivity index (χ1) is 12.6. The van der Waals surface area contributed by atoms with Gasteiger partial charge in [-0.1, -0.05) is 53.5 Å². The van der Waals surface area contributed by atoms with Crippen LogP contribution in [0.15, 0.2) is 60.0 Å². The van der Waals surface area contributed by atoms with E-state index in [0.29, 0.717) is 22.3 Å². The van der Waals surface area contributed by atoms with Gasteiger partial charge in [0, 0.05) is 27.2 Å². The van der Waals surface area contributed by atoms with Gasteiger partial charge in [0.25, 0.3) is 0 Å². The molecule has 0 saturated heterocycles. The van der Waals surface area contributed by atoms with Crippen LogP contribution in [0.2, 0.25) is 10.0 Å². The molecular weight excluding hydrogens is 387 g/mol. The highest BCUT2D eigenvalue weighted by atomic mass is 35.5. The fraction of sp³-hybridized carbons (Fsp3) is 0.150. The molecular formula is C20H16Cl2N2OS. The number of urea groups is 1. The van der Waals surface area contributed by atoms with Gasteiger partial charge >= 0.3 is 6.03 Å². The minimum atomic E-state index is -0.158. The van der Waals surface area contributed by atoms with E-state index in [4.69, 9.17) is 23.2 Å². The average molecular weight is 403 g/mol. The first kappa shape index (κ1) is 17.4. The van der Waals surface area contributed by atoms with Crippen LogP contribution < -0.4 is 5.32 Å². The summed E-state index contributed by atoms with van der Waals surface area (Å²) in [4.78, 5) is 16.3. The summed E-state index contributed by atoms with van der Waals surface area (Å²) in [7, 11) is 0. The van der Waals surface area contributed by atoms with Crippen molar-refractivity contribution in [1.82, 2.24) is 4.90 Å². The van der Waals surface area contributed by atoms with Crippen LogP contribution in [0, 0.1) is 0 Å². The highest BCUT2D eigenvalue weighted by Gasteiger charge is 2.32. The van der Waals surface area contributed by atoms with Gasteiger partial charge in [-0.2, -0.15) is 0 Å². The zero-order valence-electron chi connectivity index (χ0n) is 13.8. The Hall–Kier alpha value is -2.01. The lowest BCUT2D eigenvalue weighted by atomic mass is 9.93. The summed E-state index contributed by atoms with van der Waals surface area (Å²) in [5.41, 5.74) is 2.90. The monoisotopic (exact) mass is 402 g/mol. The molecule has 0 aliphatic carbocycles. The molecule has 1 aliphatic rings. The molecule has 2 amide bonds. The second-order valence-electron chi connectivity index (χ2n) is 6.14. The fourth-order valence-corrected chi connectivity index (χ4v) is 4.78. The van der Waals surface area contributed by atoms with Gasteiger partial charge in [0.1, 0.15) is 0 Å². The molecule has 3 aromatic rings. The van der Waals surface area contributed by atoms with Crippen molar-refractivity contribution in [3.63, 3.8) is 0 Å². The molecule has 0 radical (unpaired) electrons. The lowest BCUT2D eigenvalue weighted by Gasteiger charge is -2.36. The molecule has 1 N–H and O–H groups in total. The quantitative estimate of drug-likeness (QED) is 0.540. The number of rotatable bonds is 2. The van der Waals surface area contributed by atoms with Crippen molar-refractivity contribution in [3.8, 4) is 0 Å². The van der Waals surface area contributed by atoms with Crippen molar-refractivity contribution < 1.29 is 4.79 Å². The van der Waals surface area contributed by atoms with E-state index in [0.717, 1.165) is 12.0 Å². The predicted octanol–water partition coefficient (Wildman–Crippen LogP) is 6.23. The number of benzene rings is 2. The lowest BCUT2D eigenvalue weighted by molar-refractivity contribution is 0.194. The van der Waals surface area contributed by atoms with E-state index in [2.05, 4.69) is 28.9 Å². The van der Waals surface area contributed by atoms with Crippen molar-refractivity contribution in [3.05, 3.63) is 86.0 Å². The molecule has 1 aromatic heterocycles. The summed E-state index contributed by atoms with van der Waals surface area (Å²) in [6.45, 7) is 0.660. The van der Waals surface area contributed by atoms with Crippen molar-refractivity contribution >= 4 is 46.3 Å². The smallest absolute Gasteiger partial charge is 0.313 e. The maximum Gasteiger partial charge on any atom is 0.322 e. The molecule has 2 aromatic carbocycles. The van der Waals surface area contributed by atoms with Crippen LogP contribution in [0.4, 0.5) is 10.5 Å². The number of carbonyl (C=O) groups is 1. The molecule has 0 fully saturated rings. The molecule has 1 aliphatic heterocycles. The summed E-state index contributed by atoms with van der Waals surface area (Å²) in [5.74, 6) is 0. The Morgan fingerprint density at radius 1 is 1.08 bits per heavy atom. The molecule has 4 rings (SSSR count). The summed E-state index contributed by atoms with van der Waals surface area (Å²) in [5, 5.41) is 6.02. The maximum absolute atomic E-state index is 13.0. The van der Waals surface area contributed by atoms with E-state index >= 15 is 0 Å². The molecule has 0 spiro atoms. The number of hydrogen-bond acceptors (Lipinski definition) is 2. The second kappa shape index (κ2) is 7.31. The minimum Gasteiger partial charge on any atom is -0.313 e. The zero-order valence-corrected chi connectivity index (χ0v) is 16.1. The molecule has 0 bridgehead atoms. The van der Waals surface area contributed by atoms with E-state index < -0.39 is 0 Å². The van der Waals surface area contributed by atoms with Crippen molar-refractivity contribution in [2.45, 2.75) is 12.5 Å². The minimum absolute atomic E-state index is 0.0964. The number of carbonyl (C=O) groups excluding carboxylic acids is 1. The highest BCUT2D eigenvalue weighted by Crippen LogP contribution is 2.38. The number of nitrogens with one attached hydrogen (secondary N) is 1. The number of hydrogen-bond donors (Lipinski definition) is 1. The van der Waals surface area contributed by atoms with E-state index in [-0.39, 0.29) is 12.1 Å². The van der Waals surface area contributed by atoms with E-state index in [1.807, 2.05) is 23.1 Å². The van der Waals surface area contributed by atoms with E-state index in [1.165, 1.54) is 10.4 Å². The van der Waals surface area contributed by atoms with Crippen molar-refractivity contribution in [1.29, 1.82) is 0 Å². The first-order valence-corrected chi connectivity index (χ1v) is 9.90. The van der Waals surface area contributed by atoms with Gasteiger partial charge in [-0.25, -0.2) is 4.79 Å². The Kier molecular flexibility index (Phi) is 4.90. The Morgan fingerprint density at radius 3 is 2.54 bits per heavy atom. The second-order valence-corrected chi connectivity index (χ2v) is 8.02. The number of nitrogens with zero attached hydrogens (tertiary/aromatic N) is 1. The standard InChI is InChI=1S/C20H16Cl2N2OS/c21-14-10-15(22)12-16(11-14)23-20(25)24-8-6-18-17(7-9-26-18)19(24)13-4-2-1-3-5-13/h1-5,7,9-12,19H,6,8H2,(H,23,25). The number of anilines is 1. The van der Waals surface area contributed by atoms with E-state index in [9.17, 15) is 4.79 Å². The Morgan fingerprint density at radius 2 is 1.81 bits per heavy atom. The van der Waals surface area contributed by atoms with E-state index in [1.54, 1.807) is 29.5 Å². The van der Waals surface area contributed by atoms with Crippen molar-refractivity contribution in [2.75, 3.05) is 11.9 Å². The van der Waals surface area contributed by atoms with Crippen LogP contribution in [-0.4, -0.2) is 17.5 Å². The van der Waals surface area contributed by atoms with Crippen LogP contribution in [0.25, 0.3) is 0 Å². The lowest BCUT2D eigenvalue weighted by Crippen LogP contribution is -2.42. The number of thiophene rings is 1. The van der Waals surface area contributed by atoms with Crippen LogP contribution in [0.3, 0.4) is 0 Å². The van der Waals surface area contributed by atoms with Crippen LogP contribution >= 0.6 is 34.5 Å². The van der Waals surface area contributed by atoms with Gasteiger partial charge < -0.3 is 10.2 Å². The Bertz CT molecular complexity index is 922. The maximum atomic E-state index is 13.0. The SMILES string of the molecule is O=C(Nc1cc(Cl)cc(Cl)c1)N1CCc2sccc2C1c1ccccc1. The zero-order chi connectivity index (χ0) is 18.1. The van der Waals surface area contributed by atoms with Gasteiger partial charge in [-0.05, 0) is 47.2 Å². The first-order valence-electron chi connectivity index (χ1n) is 8.27. The summed E-state index contributed by atoms with van der Waals surface area (Å²) < 4.78 is 0. The normalized spacial score (nSPS) is 16.2. The largest absolute Gasteiger partial charge is 0.322 e. The number of amides is 2. The molecule has 6 heteroatoms. The molecule has 26 heavy (non-hydrogen) atoms. The molecule has 132 valence electrons. The summed E-state index contributed by atoms with van der Waals surface area (Å²) >= 11 is 13.8. The van der Waals surface area contributed by atoms with Crippen LogP contribution in [-0.2, 0) is 6.42 Å². The van der Waals surface area contributed by atoms with Gasteiger partial charge in [0.2, 0.25) is 0 Å². The van der Waals surface area contributed by atoms with Crippen LogP contribution in [0.1, 0.15) is 22.0 Å². The Labute approximate surface area is 166 Å². The summed E-state index contributed by atoms with van der Waals surface area (Å²) in [6, 6.07) is 17.0. The van der Waals surface area contributed by atoms with Crippen LogP contribution in [0.5, 0.6) is 0 Å². The topological polar surface area (TPSA) is 32.3 Å². The van der Waals surface area contributed by atoms with Crippen molar-refractivity contribution in [2.24, 2.45) is 0 Å². The van der Waals surface area contributed by atoms with Gasteiger partial charge in [0.15, 0.2) is 0 Å². The average Bonchev–Trinajstić information content (AvgIpc) is 3.09. The predicted molar refractivity (Wildman–Crippen MR) is 108 cm³/mol. The molecule has 1 atom stereocenters. The number of fused-ring (bicyclic) bond motifs is 1. The van der Waals surface area contributed by atoms with Gasteiger partial charge in [0.05, 0.1) is 6.04 Å². The Balaban J connectivity index is 1.67. The number of halogens is 2. The molecule has 3 nitrogen and oxygen atoms in total. The third-order valence-electron chi connectivity index (χ3n) is 4.46. The molecule has 1 unspecified atom stereocenters. The third kappa shape index (κ3) is 3.45. The molecule has 2 heterocycles. The fourth-order valence-electron chi connectivity index (χ4n) is 3.35.